The molecule has 3 aliphatic carbocycles. The van der Waals surface area contributed by atoms with E-state index in [1.54, 1.807) is 20.8 Å². The third-order valence-corrected chi connectivity index (χ3v) is 10.3. The van der Waals surface area contributed by atoms with Gasteiger partial charge in [-0.2, -0.15) is 0 Å². The molecule has 2 bridgehead atoms. The van der Waals surface area contributed by atoms with Crippen molar-refractivity contribution in [1.29, 1.82) is 0 Å². The first kappa shape index (κ1) is 28.1. The number of allylic oxidation sites excluding steroid dienone is 1. The fourth-order valence-corrected chi connectivity index (χ4v) is 7.64. The van der Waals surface area contributed by atoms with E-state index in [0.29, 0.717) is 23.3 Å². The van der Waals surface area contributed by atoms with Crippen molar-refractivity contribution in [2.45, 2.75) is 78.5 Å². The smallest absolute Gasteiger partial charge is 0.361 e. The monoisotopic (exact) mass is 561 g/mol. The van der Waals surface area contributed by atoms with Crippen molar-refractivity contribution in [1.82, 2.24) is 5.16 Å². The van der Waals surface area contributed by atoms with Crippen LogP contribution in [0.2, 0.25) is 0 Å². The van der Waals surface area contributed by atoms with Gasteiger partial charge in [-0.3, -0.25) is 4.79 Å². The zero-order valence-corrected chi connectivity index (χ0v) is 24.8. The van der Waals surface area contributed by atoms with Gasteiger partial charge >= 0.3 is 5.97 Å². The number of benzene rings is 1. The summed E-state index contributed by atoms with van der Waals surface area (Å²) in [5.41, 5.74) is -1.58. The minimum absolute atomic E-state index is 0.0216. The Hall–Kier alpha value is -3.07. The van der Waals surface area contributed by atoms with Crippen LogP contribution in [0, 0.1) is 28.6 Å². The van der Waals surface area contributed by atoms with E-state index in [-0.39, 0.29) is 35.3 Å². The zero-order chi connectivity index (χ0) is 29.5. The molecule has 1 aliphatic heterocycles. The van der Waals surface area contributed by atoms with Crippen molar-refractivity contribution < 1.29 is 33.4 Å². The maximum atomic E-state index is 14.8. The number of aliphatic hydroxyl groups is 1. The largest absolute Gasteiger partial charge is 0.450 e. The summed E-state index contributed by atoms with van der Waals surface area (Å²) in [6, 6.07) is 10.9. The van der Waals surface area contributed by atoms with Crippen LogP contribution in [0.5, 0.6) is 0 Å². The van der Waals surface area contributed by atoms with Gasteiger partial charge in [0, 0.05) is 17.5 Å². The minimum Gasteiger partial charge on any atom is -0.450 e. The molecule has 6 rings (SSSR count). The Balaban J connectivity index is 1.46. The third kappa shape index (κ3) is 3.94. The number of ketones is 1. The molecule has 2 unspecified atom stereocenters. The summed E-state index contributed by atoms with van der Waals surface area (Å²) < 4.78 is 24.1. The van der Waals surface area contributed by atoms with E-state index in [1.807, 2.05) is 49.4 Å². The lowest BCUT2D eigenvalue weighted by Gasteiger charge is -2.52. The van der Waals surface area contributed by atoms with Crippen LogP contribution in [0.1, 0.15) is 65.4 Å². The Kier molecular flexibility index (Phi) is 6.31. The quantitative estimate of drug-likeness (QED) is 0.385. The molecule has 218 valence electrons. The van der Waals surface area contributed by atoms with Crippen molar-refractivity contribution in [2.75, 3.05) is 6.61 Å². The highest BCUT2D eigenvalue weighted by Crippen LogP contribution is 2.63. The highest BCUT2D eigenvalue weighted by molar-refractivity contribution is 5.95. The number of carbonyl (C=O) groups excluding carboxylic acids is 2. The van der Waals surface area contributed by atoms with Gasteiger partial charge in [0.2, 0.25) is 0 Å². The summed E-state index contributed by atoms with van der Waals surface area (Å²) >= 11 is 0. The third-order valence-electron chi connectivity index (χ3n) is 10.3. The lowest BCUT2D eigenvalue weighted by Crippen LogP contribution is -2.68. The van der Waals surface area contributed by atoms with Crippen LogP contribution in [0.15, 0.2) is 64.2 Å². The van der Waals surface area contributed by atoms with E-state index in [9.17, 15) is 14.7 Å². The van der Waals surface area contributed by atoms with Crippen molar-refractivity contribution in [3.63, 3.8) is 0 Å². The molecule has 4 aliphatic rings. The Morgan fingerprint density at radius 3 is 2.51 bits per heavy atom. The average Bonchev–Trinajstić information content (AvgIpc) is 3.47. The molecule has 1 aromatic heterocycles. The summed E-state index contributed by atoms with van der Waals surface area (Å²) in [6.07, 6.45) is 2.44. The van der Waals surface area contributed by atoms with Gasteiger partial charge in [-0.15, -0.1) is 0 Å². The summed E-state index contributed by atoms with van der Waals surface area (Å²) in [7, 11) is 0. The number of hydrogen-bond acceptors (Lipinski definition) is 8. The molecule has 0 radical (unpaired) electrons. The van der Waals surface area contributed by atoms with Gasteiger partial charge < -0.3 is 23.8 Å². The predicted molar refractivity (Wildman–Crippen MR) is 150 cm³/mol. The normalized spacial score (nSPS) is 37.2. The van der Waals surface area contributed by atoms with Crippen LogP contribution < -0.4 is 0 Å². The lowest BCUT2D eigenvalue weighted by atomic mass is 9.59. The first-order valence-corrected chi connectivity index (χ1v) is 14.4. The van der Waals surface area contributed by atoms with E-state index in [2.05, 4.69) is 25.9 Å². The van der Waals surface area contributed by atoms with Gasteiger partial charge in [0.25, 0.3) is 0 Å². The van der Waals surface area contributed by atoms with E-state index < -0.39 is 40.9 Å². The molecular formula is C33H39NO7. The van der Waals surface area contributed by atoms with Crippen molar-refractivity contribution >= 4 is 11.8 Å². The zero-order valence-electron chi connectivity index (χ0n) is 24.8. The molecule has 1 N–H and O–H groups in total. The number of ether oxygens (including phenoxy) is 3. The standard InChI is InChI=1S/C33H39NO7/c1-18-16-32-20(3)13-19(2)30(4,5)23(26(32)35)14-22-17-38-31(6,7)40-28(22)33(32,37)27(18)39-29(36)24-15-25(41-34-24)21-11-9-8-10-12-21/h8-12,14-16,19-20,23,27-28,37H,13,17H2,1-7H3/t19-,20?,23+,27-,28+,32?,33+/m0/s1. The number of nitrogens with zero attached hydrogens (tertiary/aromatic N) is 1. The Labute approximate surface area is 240 Å². The van der Waals surface area contributed by atoms with E-state index in [1.165, 1.54) is 6.07 Å². The summed E-state index contributed by atoms with van der Waals surface area (Å²) in [4.78, 5) is 28.4. The van der Waals surface area contributed by atoms with Crippen LogP contribution >= 0.6 is 0 Å². The van der Waals surface area contributed by atoms with E-state index in [4.69, 9.17) is 18.7 Å². The number of esters is 1. The molecule has 7 atom stereocenters. The van der Waals surface area contributed by atoms with Gasteiger partial charge in [0.15, 0.2) is 34.7 Å². The minimum atomic E-state index is -1.91. The molecule has 2 aromatic rings. The molecule has 41 heavy (non-hydrogen) atoms. The molecule has 1 aromatic carbocycles. The van der Waals surface area contributed by atoms with Crippen LogP contribution in [0.4, 0.5) is 0 Å². The average molecular weight is 562 g/mol. The SMILES string of the molecule is CC1=CC23C(=O)[C@@H](C=C4COC(C)(C)O[C@H]4[C@]2(O)[C@H]1OC(=O)c1cc(-c2ccccc2)on1)C(C)(C)[C@@H](C)CC3C. The molecular weight excluding hydrogens is 522 g/mol. The van der Waals surface area contributed by atoms with Crippen molar-refractivity contribution in [2.24, 2.45) is 28.6 Å². The molecule has 8 nitrogen and oxygen atoms in total. The van der Waals surface area contributed by atoms with Gasteiger partial charge in [-0.25, -0.2) is 4.79 Å². The molecule has 1 spiro atoms. The first-order valence-electron chi connectivity index (χ1n) is 14.4. The number of Topliss-reactive ketones (excluding diaryl/α,β-unsaturated/α-hetero) is 1. The predicted octanol–water partition coefficient (Wildman–Crippen LogP) is 5.52. The first-order chi connectivity index (χ1) is 19.2. The molecule has 8 heteroatoms. The van der Waals surface area contributed by atoms with Gasteiger partial charge in [-0.05, 0) is 55.6 Å². The second-order valence-corrected chi connectivity index (χ2v) is 13.4. The molecule has 2 fully saturated rings. The van der Waals surface area contributed by atoms with E-state index >= 15 is 0 Å². The summed E-state index contributed by atoms with van der Waals surface area (Å²) in [5, 5.41) is 17.1. The second-order valence-electron chi connectivity index (χ2n) is 13.4. The van der Waals surface area contributed by atoms with Crippen LogP contribution in [0.25, 0.3) is 11.3 Å². The number of rotatable bonds is 3. The summed E-state index contributed by atoms with van der Waals surface area (Å²) in [6.45, 7) is 14.0. The number of hydrogen-bond donors (Lipinski definition) is 1. The van der Waals surface area contributed by atoms with Crippen molar-refractivity contribution in [3.05, 3.63) is 65.4 Å². The lowest BCUT2D eigenvalue weighted by molar-refractivity contribution is -0.302. The van der Waals surface area contributed by atoms with Crippen molar-refractivity contribution in [3.8, 4) is 11.3 Å². The molecule has 1 saturated heterocycles. The van der Waals surface area contributed by atoms with Gasteiger partial charge in [0.1, 0.15) is 6.10 Å². The number of carbonyl (C=O) groups is 2. The highest BCUT2D eigenvalue weighted by Gasteiger charge is 2.74. The number of fused-ring (bicyclic) bond motifs is 3. The Morgan fingerprint density at radius 1 is 1.10 bits per heavy atom. The molecule has 0 amide bonds. The Bertz CT molecular complexity index is 1450. The van der Waals surface area contributed by atoms with Crippen LogP contribution in [-0.4, -0.2) is 52.2 Å². The second kappa shape index (κ2) is 9.21. The molecule has 1 saturated carbocycles. The molecule has 2 heterocycles. The van der Waals surface area contributed by atoms with Crippen LogP contribution in [0.3, 0.4) is 0 Å². The van der Waals surface area contributed by atoms with Gasteiger partial charge in [-0.1, -0.05) is 75.3 Å². The fourth-order valence-electron chi connectivity index (χ4n) is 7.64. The van der Waals surface area contributed by atoms with Gasteiger partial charge in [0.05, 0.1) is 12.0 Å². The van der Waals surface area contributed by atoms with E-state index in [0.717, 1.165) is 5.56 Å². The maximum Gasteiger partial charge on any atom is 0.361 e. The topological polar surface area (TPSA) is 108 Å². The highest BCUT2D eigenvalue weighted by atomic mass is 16.7. The number of aromatic nitrogens is 1. The fraction of sp³-hybridized carbons (Fsp3) is 0.545. The maximum absolute atomic E-state index is 14.8. The Morgan fingerprint density at radius 2 is 1.80 bits per heavy atom. The van der Waals surface area contributed by atoms with Crippen LogP contribution in [-0.2, 0) is 19.0 Å². The summed E-state index contributed by atoms with van der Waals surface area (Å²) in [5.74, 6) is -1.97.